The molecule has 0 bridgehead atoms. The second-order valence-electron chi connectivity index (χ2n) is 5.05. The van der Waals surface area contributed by atoms with E-state index in [1.165, 1.54) is 11.0 Å². The summed E-state index contributed by atoms with van der Waals surface area (Å²) in [5, 5.41) is 10.9. The standard InChI is InChI=1S/C13H12FN3O4/c14-9-3-1-4-10(17(20)21)8(9)7-16-12(18)11-5-2-6-15(11)13(16)19/h1,3-4,11H,2,5-7H2/t11-/m0/s1. The molecule has 8 heteroatoms. The Kier molecular flexibility index (Phi) is 3.08. The van der Waals surface area contributed by atoms with Gasteiger partial charge in [0.25, 0.3) is 11.6 Å². The van der Waals surface area contributed by atoms with E-state index in [4.69, 9.17) is 0 Å². The zero-order chi connectivity index (χ0) is 15.1. The summed E-state index contributed by atoms with van der Waals surface area (Å²) >= 11 is 0. The van der Waals surface area contributed by atoms with E-state index in [2.05, 4.69) is 0 Å². The summed E-state index contributed by atoms with van der Waals surface area (Å²) < 4.78 is 13.8. The number of halogens is 1. The van der Waals surface area contributed by atoms with Gasteiger partial charge in [0.15, 0.2) is 0 Å². The summed E-state index contributed by atoms with van der Waals surface area (Å²) in [5.41, 5.74) is -0.673. The minimum absolute atomic E-state index is 0.245. The first-order valence-electron chi connectivity index (χ1n) is 6.54. The molecule has 0 saturated carbocycles. The molecule has 1 aromatic carbocycles. The lowest BCUT2D eigenvalue weighted by Crippen LogP contribution is -2.33. The van der Waals surface area contributed by atoms with Crippen LogP contribution >= 0.6 is 0 Å². The summed E-state index contributed by atoms with van der Waals surface area (Å²) in [7, 11) is 0. The van der Waals surface area contributed by atoms with Crippen molar-refractivity contribution < 1.29 is 18.9 Å². The maximum Gasteiger partial charge on any atom is 0.327 e. The van der Waals surface area contributed by atoms with Crippen molar-refractivity contribution in [3.05, 3.63) is 39.7 Å². The second-order valence-corrected chi connectivity index (χ2v) is 5.05. The van der Waals surface area contributed by atoms with Gasteiger partial charge < -0.3 is 4.90 Å². The highest BCUT2D eigenvalue weighted by molar-refractivity contribution is 6.04. The van der Waals surface area contributed by atoms with E-state index in [1.807, 2.05) is 0 Å². The Morgan fingerprint density at radius 2 is 2.14 bits per heavy atom. The monoisotopic (exact) mass is 293 g/mol. The molecule has 3 rings (SSSR count). The Morgan fingerprint density at radius 3 is 2.81 bits per heavy atom. The van der Waals surface area contributed by atoms with Crippen LogP contribution in [0.2, 0.25) is 0 Å². The summed E-state index contributed by atoms with van der Waals surface area (Å²) in [6.45, 7) is 0.0821. The minimum Gasteiger partial charge on any atom is -0.312 e. The molecule has 0 radical (unpaired) electrons. The van der Waals surface area contributed by atoms with Gasteiger partial charge in [-0.05, 0) is 18.9 Å². The summed E-state index contributed by atoms with van der Waals surface area (Å²) in [6, 6.07) is 2.46. The van der Waals surface area contributed by atoms with E-state index >= 15 is 0 Å². The van der Waals surface area contributed by atoms with E-state index in [0.717, 1.165) is 23.5 Å². The number of imide groups is 1. The number of fused-ring (bicyclic) bond motifs is 1. The largest absolute Gasteiger partial charge is 0.327 e. The quantitative estimate of drug-likeness (QED) is 0.482. The molecule has 110 valence electrons. The van der Waals surface area contributed by atoms with Crippen LogP contribution < -0.4 is 0 Å². The minimum atomic E-state index is -0.795. The molecule has 2 heterocycles. The predicted octanol–water partition coefficient (Wildman–Crippen LogP) is 1.66. The highest BCUT2D eigenvalue weighted by atomic mass is 19.1. The third-order valence-corrected chi connectivity index (χ3v) is 3.89. The second kappa shape index (κ2) is 4.80. The fourth-order valence-electron chi connectivity index (χ4n) is 2.86. The number of hydrogen-bond acceptors (Lipinski definition) is 4. The Labute approximate surface area is 119 Å². The van der Waals surface area contributed by atoms with Gasteiger partial charge in [0, 0.05) is 12.6 Å². The van der Waals surface area contributed by atoms with Crippen LogP contribution in [0.1, 0.15) is 18.4 Å². The molecule has 3 amide bonds. The van der Waals surface area contributed by atoms with Gasteiger partial charge in [0.2, 0.25) is 0 Å². The molecule has 0 N–H and O–H groups in total. The number of amides is 3. The zero-order valence-electron chi connectivity index (χ0n) is 11.0. The fourth-order valence-corrected chi connectivity index (χ4v) is 2.86. The van der Waals surface area contributed by atoms with Crippen LogP contribution in [0.15, 0.2) is 18.2 Å². The molecular formula is C13H12FN3O4. The van der Waals surface area contributed by atoms with Crippen LogP contribution in [0.3, 0.4) is 0 Å². The maximum absolute atomic E-state index is 13.8. The SMILES string of the molecule is O=C1[C@@H]2CCCN2C(=O)N1Cc1c(F)cccc1[N+](=O)[O-]. The average molecular weight is 293 g/mol. The molecule has 2 fully saturated rings. The summed E-state index contributed by atoms with van der Waals surface area (Å²) in [4.78, 5) is 36.9. The lowest BCUT2D eigenvalue weighted by atomic mass is 10.1. The maximum atomic E-state index is 13.8. The number of nitro benzene ring substituents is 1. The summed E-state index contributed by atoms with van der Waals surface area (Å²) in [5.74, 6) is -1.20. The molecule has 2 saturated heterocycles. The first-order chi connectivity index (χ1) is 10.0. The Hall–Kier alpha value is -2.51. The third-order valence-electron chi connectivity index (χ3n) is 3.89. The van der Waals surface area contributed by atoms with Crippen LogP contribution in [-0.4, -0.2) is 39.2 Å². The van der Waals surface area contributed by atoms with Crippen molar-refractivity contribution in [2.24, 2.45) is 0 Å². The predicted molar refractivity (Wildman–Crippen MR) is 68.7 cm³/mol. The smallest absolute Gasteiger partial charge is 0.312 e. The molecule has 0 aliphatic carbocycles. The van der Waals surface area contributed by atoms with Crippen molar-refractivity contribution >= 4 is 17.6 Å². The number of nitro groups is 1. The highest BCUT2D eigenvalue weighted by Gasteiger charge is 2.47. The van der Waals surface area contributed by atoms with Crippen molar-refractivity contribution in [1.29, 1.82) is 0 Å². The lowest BCUT2D eigenvalue weighted by molar-refractivity contribution is -0.385. The normalized spacial score (nSPS) is 21.1. The third kappa shape index (κ3) is 2.03. The van der Waals surface area contributed by atoms with Gasteiger partial charge in [-0.1, -0.05) is 6.07 Å². The molecule has 7 nitrogen and oxygen atoms in total. The molecule has 2 aliphatic heterocycles. The molecule has 2 aliphatic rings. The van der Waals surface area contributed by atoms with Crippen LogP contribution in [-0.2, 0) is 11.3 Å². The molecule has 1 aromatic rings. The van der Waals surface area contributed by atoms with Gasteiger partial charge in [-0.3, -0.25) is 19.8 Å². The molecule has 0 spiro atoms. The number of benzene rings is 1. The molecule has 0 aromatic heterocycles. The van der Waals surface area contributed by atoms with Gasteiger partial charge in [0.05, 0.1) is 17.0 Å². The van der Waals surface area contributed by atoms with E-state index in [0.29, 0.717) is 13.0 Å². The topological polar surface area (TPSA) is 83.8 Å². The van der Waals surface area contributed by atoms with Crippen molar-refractivity contribution in [2.75, 3.05) is 6.54 Å². The molecule has 1 atom stereocenters. The van der Waals surface area contributed by atoms with Gasteiger partial charge in [-0.2, -0.15) is 0 Å². The van der Waals surface area contributed by atoms with Crippen molar-refractivity contribution in [3.8, 4) is 0 Å². The first-order valence-corrected chi connectivity index (χ1v) is 6.54. The summed E-state index contributed by atoms with van der Waals surface area (Å²) in [6.07, 6.45) is 1.34. The van der Waals surface area contributed by atoms with Gasteiger partial charge >= 0.3 is 6.03 Å². The van der Waals surface area contributed by atoms with Gasteiger partial charge in [-0.25, -0.2) is 9.18 Å². The van der Waals surface area contributed by atoms with E-state index < -0.39 is 41.0 Å². The van der Waals surface area contributed by atoms with Gasteiger partial charge in [-0.15, -0.1) is 0 Å². The van der Waals surface area contributed by atoms with Crippen LogP contribution in [0, 0.1) is 15.9 Å². The number of nitrogens with zero attached hydrogens (tertiary/aromatic N) is 3. The van der Waals surface area contributed by atoms with Crippen molar-refractivity contribution in [1.82, 2.24) is 9.80 Å². The molecule has 21 heavy (non-hydrogen) atoms. The highest BCUT2D eigenvalue weighted by Crippen LogP contribution is 2.31. The number of hydrogen-bond donors (Lipinski definition) is 0. The van der Waals surface area contributed by atoms with E-state index in [9.17, 15) is 24.1 Å². The van der Waals surface area contributed by atoms with E-state index in [1.54, 1.807) is 0 Å². The van der Waals surface area contributed by atoms with Crippen LogP contribution in [0.25, 0.3) is 0 Å². The van der Waals surface area contributed by atoms with Crippen molar-refractivity contribution in [2.45, 2.75) is 25.4 Å². The number of carbonyl (C=O) groups is 2. The van der Waals surface area contributed by atoms with Gasteiger partial charge in [0.1, 0.15) is 11.9 Å². The van der Waals surface area contributed by atoms with Crippen LogP contribution in [0.5, 0.6) is 0 Å². The Bertz CT molecular complexity index is 626. The van der Waals surface area contributed by atoms with Crippen LogP contribution in [0.4, 0.5) is 14.9 Å². The van der Waals surface area contributed by atoms with E-state index in [-0.39, 0.29) is 5.56 Å². The Balaban J connectivity index is 1.93. The zero-order valence-corrected chi connectivity index (χ0v) is 11.0. The number of urea groups is 1. The fraction of sp³-hybridized carbons (Fsp3) is 0.385. The Morgan fingerprint density at radius 1 is 1.38 bits per heavy atom. The average Bonchev–Trinajstić information content (AvgIpc) is 3.00. The first kappa shape index (κ1) is 13.5. The number of carbonyl (C=O) groups excluding carboxylic acids is 2. The number of rotatable bonds is 3. The molecule has 0 unspecified atom stereocenters. The lowest BCUT2D eigenvalue weighted by Gasteiger charge is -2.15. The van der Waals surface area contributed by atoms with Crippen molar-refractivity contribution in [3.63, 3.8) is 0 Å². The molecular weight excluding hydrogens is 281 g/mol.